The molecule has 0 aromatic carbocycles. The molecule has 1 rings (SSSR count). The van der Waals surface area contributed by atoms with Gasteiger partial charge in [-0.15, -0.1) is 0 Å². The number of β-amino-alcohol motifs (C(OH)–C–C–N with tert-alkyl or cyclic N) is 1. The fourth-order valence-corrected chi connectivity index (χ4v) is 3.05. The van der Waals surface area contributed by atoms with Crippen molar-refractivity contribution in [3.05, 3.63) is 0 Å². The molecule has 1 fully saturated rings. The summed E-state index contributed by atoms with van der Waals surface area (Å²) in [6.07, 6.45) is -0.352. The highest BCUT2D eigenvalue weighted by molar-refractivity contribution is 7.99. The fourth-order valence-electron chi connectivity index (χ4n) is 1.97. The Kier molecular flexibility index (Phi) is 7.46. The summed E-state index contributed by atoms with van der Waals surface area (Å²) < 4.78 is 10.5. The van der Waals surface area contributed by atoms with Gasteiger partial charge in [0.25, 0.3) is 0 Å². The Balaban J connectivity index is 2.13. The molecule has 1 aliphatic heterocycles. The Bertz CT molecular complexity index is 206. The van der Waals surface area contributed by atoms with Crippen LogP contribution in [0.1, 0.15) is 13.8 Å². The van der Waals surface area contributed by atoms with Crippen molar-refractivity contribution in [2.24, 2.45) is 0 Å². The minimum atomic E-state index is -0.399. The van der Waals surface area contributed by atoms with E-state index in [9.17, 15) is 5.11 Å². The second-order valence-corrected chi connectivity index (χ2v) is 6.24. The number of thioether (sulfide) groups is 1. The van der Waals surface area contributed by atoms with Gasteiger partial charge in [0.1, 0.15) is 0 Å². The summed E-state index contributed by atoms with van der Waals surface area (Å²) in [7, 11) is 1.66. The normalized spacial score (nSPS) is 25.8. The molecular formula is C12H25NO3S. The van der Waals surface area contributed by atoms with E-state index in [1.165, 1.54) is 0 Å². The molecule has 0 amide bonds. The van der Waals surface area contributed by atoms with Crippen LogP contribution in [0.5, 0.6) is 0 Å². The van der Waals surface area contributed by atoms with Crippen molar-refractivity contribution in [1.82, 2.24) is 4.90 Å². The number of hydrogen-bond acceptors (Lipinski definition) is 5. The van der Waals surface area contributed by atoms with E-state index in [4.69, 9.17) is 9.47 Å². The van der Waals surface area contributed by atoms with Crippen molar-refractivity contribution in [3.63, 3.8) is 0 Å². The second-order valence-electron chi connectivity index (χ2n) is 4.69. The van der Waals surface area contributed by atoms with E-state index in [-0.39, 0.29) is 6.10 Å². The number of ether oxygens (including phenoxy) is 2. The standard InChI is InChI=1S/C12H25NO3S/c1-10(8-15-3)16-9-12(14)7-13-4-5-17-11(2)6-13/h10-12,14H,4-9H2,1-3H3. The summed E-state index contributed by atoms with van der Waals surface area (Å²) in [6, 6.07) is 0. The van der Waals surface area contributed by atoms with E-state index in [1.54, 1.807) is 7.11 Å². The molecular weight excluding hydrogens is 238 g/mol. The molecule has 0 aromatic heterocycles. The van der Waals surface area contributed by atoms with Crippen molar-refractivity contribution in [2.75, 3.05) is 45.7 Å². The van der Waals surface area contributed by atoms with Crippen LogP contribution in [-0.4, -0.2) is 73.2 Å². The minimum absolute atomic E-state index is 0.0467. The lowest BCUT2D eigenvalue weighted by atomic mass is 10.3. The van der Waals surface area contributed by atoms with E-state index in [2.05, 4.69) is 11.8 Å². The predicted octanol–water partition coefficient (Wildman–Crippen LogP) is 0.836. The average Bonchev–Trinajstić information content (AvgIpc) is 2.27. The van der Waals surface area contributed by atoms with Crippen LogP contribution in [0.3, 0.4) is 0 Å². The molecule has 0 aliphatic carbocycles. The summed E-state index contributed by atoms with van der Waals surface area (Å²) in [5, 5.41) is 10.6. The summed E-state index contributed by atoms with van der Waals surface area (Å²) in [5.74, 6) is 1.16. The van der Waals surface area contributed by atoms with Crippen LogP contribution in [0.2, 0.25) is 0 Å². The lowest BCUT2D eigenvalue weighted by Crippen LogP contribution is -2.42. The molecule has 0 spiro atoms. The van der Waals surface area contributed by atoms with Gasteiger partial charge < -0.3 is 14.6 Å². The molecule has 1 N–H and O–H groups in total. The van der Waals surface area contributed by atoms with Crippen LogP contribution in [0.4, 0.5) is 0 Å². The molecule has 17 heavy (non-hydrogen) atoms. The SMILES string of the molecule is COCC(C)OCC(O)CN1CCSC(C)C1. The van der Waals surface area contributed by atoms with Gasteiger partial charge in [-0.1, -0.05) is 6.92 Å². The molecule has 1 heterocycles. The third kappa shape index (κ3) is 6.62. The van der Waals surface area contributed by atoms with Crippen LogP contribution in [0.15, 0.2) is 0 Å². The summed E-state index contributed by atoms with van der Waals surface area (Å²) in [6.45, 7) is 8.00. The molecule has 3 unspecified atom stereocenters. The number of rotatable bonds is 7. The van der Waals surface area contributed by atoms with Crippen LogP contribution in [-0.2, 0) is 9.47 Å². The third-order valence-electron chi connectivity index (χ3n) is 2.77. The van der Waals surface area contributed by atoms with E-state index in [0.717, 1.165) is 18.8 Å². The topological polar surface area (TPSA) is 41.9 Å². The molecule has 0 bridgehead atoms. The van der Waals surface area contributed by atoms with Gasteiger partial charge in [0.15, 0.2) is 0 Å². The van der Waals surface area contributed by atoms with Crippen LogP contribution in [0.25, 0.3) is 0 Å². The number of nitrogens with zero attached hydrogens (tertiary/aromatic N) is 1. The lowest BCUT2D eigenvalue weighted by Gasteiger charge is -2.32. The highest BCUT2D eigenvalue weighted by Gasteiger charge is 2.19. The van der Waals surface area contributed by atoms with Crippen molar-refractivity contribution in [3.8, 4) is 0 Å². The zero-order chi connectivity index (χ0) is 12.7. The van der Waals surface area contributed by atoms with Crippen LogP contribution < -0.4 is 0 Å². The maximum Gasteiger partial charge on any atom is 0.0900 e. The third-order valence-corrected chi connectivity index (χ3v) is 3.91. The van der Waals surface area contributed by atoms with Crippen LogP contribution >= 0.6 is 11.8 Å². The number of methoxy groups -OCH3 is 1. The number of aliphatic hydroxyl groups excluding tert-OH is 1. The lowest BCUT2D eigenvalue weighted by molar-refractivity contribution is -0.0394. The minimum Gasteiger partial charge on any atom is -0.389 e. The summed E-state index contributed by atoms with van der Waals surface area (Å²) in [5.41, 5.74) is 0. The number of hydrogen-bond donors (Lipinski definition) is 1. The zero-order valence-electron chi connectivity index (χ0n) is 11.1. The highest BCUT2D eigenvalue weighted by atomic mass is 32.2. The molecule has 4 nitrogen and oxygen atoms in total. The molecule has 1 aliphatic rings. The first-order chi connectivity index (χ1) is 8.11. The average molecular weight is 263 g/mol. The quantitative estimate of drug-likeness (QED) is 0.737. The molecule has 5 heteroatoms. The van der Waals surface area contributed by atoms with Gasteiger partial charge in [0.2, 0.25) is 0 Å². The molecule has 3 atom stereocenters. The van der Waals surface area contributed by atoms with Crippen molar-refractivity contribution >= 4 is 11.8 Å². The maximum absolute atomic E-state index is 9.89. The van der Waals surface area contributed by atoms with Crippen molar-refractivity contribution < 1.29 is 14.6 Å². The Hall–Kier alpha value is 0.190. The predicted molar refractivity (Wildman–Crippen MR) is 71.7 cm³/mol. The van der Waals surface area contributed by atoms with Gasteiger partial charge in [-0.05, 0) is 6.92 Å². The molecule has 102 valence electrons. The molecule has 0 radical (unpaired) electrons. The maximum atomic E-state index is 9.89. The van der Waals surface area contributed by atoms with E-state index < -0.39 is 6.10 Å². The van der Waals surface area contributed by atoms with Crippen LogP contribution in [0, 0.1) is 0 Å². The van der Waals surface area contributed by atoms with Crippen molar-refractivity contribution in [2.45, 2.75) is 31.3 Å². The largest absolute Gasteiger partial charge is 0.389 e. The van der Waals surface area contributed by atoms with Gasteiger partial charge in [-0.3, -0.25) is 4.90 Å². The van der Waals surface area contributed by atoms with Crippen molar-refractivity contribution in [1.29, 1.82) is 0 Å². The van der Waals surface area contributed by atoms with E-state index in [0.29, 0.717) is 25.0 Å². The number of aliphatic hydroxyl groups is 1. The Morgan fingerprint density at radius 3 is 2.88 bits per heavy atom. The Morgan fingerprint density at radius 1 is 1.47 bits per heavy atom. The van der Waals surface area contributed by atoms with E-state index >= 15 is 0 Å². The van der Waals surface area contributed by atoms with Gasteiger partial charge in [0, 0.05) is 37.7 Å². The van der Waals surface area contributed by atoms with Gasteiger partial charge in [-0.2, -0.15) is 11.8 Å². The Morgan fingerprint density at radius 2 is 2.24 bits per heavy atom. The summed E-state index contributed by atoms with van der Waals surface area (Å²) >= 11 is 2.00. The first-order valence-electron chi connectivity index (χ1n) is 6.24. The smallest absolute Gasteiger partial charge is 0.0900 e. The Labute approximate surface area is 109 Å². The highest BCUT2D eigenvalue weighted by Crippen LogP contribution is 2.17. The molecule has 0 saturated carbocycles. The zero-order valence-corrected chi connectivity index (χ0v) is 11.9. The van der Waals surface area contributed by atoms with Gasteiger partial charge in [-0.25, -0.2) is 0 Å². The summed E-state index contributed by atoms with van der Waals surface area (Å²) in [4.78, 5) is 2.32. The van der Waals surface area contributed by atoms with Gasteiger partial charge >= 0.3 is 0 Å². The van der Waals surface area contributed by atoms with Gasteiger partial charge in [0.05, 0.1) is 25.4 Å². The monoisotopic (exact) mass is 263 g/mol. The first kappa shape index (κ1) is 15.2. The molecule has 0 aromatic rings. The fraction of sp³-hybridized carbons (Fsp3) is 1.00. The second kappa shape index (κ2) is 8.32. The van der Waals surface area contributed by atoms with E-state index in [1.807, 2.05) is 18.7 Å². The first-order valence-corrected chi connectivity index (χ1v) is 7.29. The molecule has 1 saturated heterocycles.